The van der Waals surface area contributed by atoms with Crippen LogP contribution in [0.2, 0.25) is 0 Å². The second-order valence-electron chi connectivity index (χ2n) is 7.80. The van der Waals surface area contributed by atoms with Gasteiger partial charge in [-0.2, -0.15) is 17.0 Å². The van der Waals surface area contributed by atoms with Gasteiger partial charge in [-0.3, -0.25) is 0 Å². The van der Waals surface area contributed by atoms with E-state index in [9.17, 15) is 8.42 Å². The molecule has 2 fully saturated rings. The van der Waals surface area contributed by atoms with E-state index < -0.39 is 10.2 Å². The monoisotopic (exact) mass is 350 g/mol. The third kappa shape index (κ3) is 4.19. The van der Waals surface area contributed by atoms with E-state index in [-0.39, 0.29) is 0 Å². The minimum atomic E-state index is -3.28. The lowest BCUT2D eigenvalue weighted by Gasteiger charge is -2.39. The zero-order chi connectivity index (χ0) is 17.2. The molecular formula is C19H30N2O2S. The SMILES string of the molecule is CC1CC(C)CN(S(=O)(=O)N2CCC(Cc3ccccc3)CC2)C1. The van der Waals surface area contributed by atoms with Gasteiger partial charge in [0.1, 0.15) is 0 Å². The van der Waals surface area contributed by atoms with Crippen LogP contribution in [0.4, 0.5) is 0 Å². The van der Waals surface area contributed by atoms with Crippen molar-refractivity contribution in [3.8, 4) is 0 Å². The second-order valence-corrected chi connectivity index (χ2v) is 9.73. The molecule has 1 aromatic rings. The molecule has 0 aliphatic carbocycles. The first-order valence-electron chi connectivity index (χ1n) is 9.24. The Morgan fingerprint density at radius 2 is 1.54 bits per heavy atom. The molecule has 1 aromatic carbocycles. The summed E-state index contributed by atoms with van der Waals surface area (Å²) in [5, 5.41) is 0. The Balaban J connectivity index is 1.57. The molecule has 4 nitrogen and oxygen atoms in total. The molecule has 0 spiro atoms. The van der Waals surface area contributed by atoms with Crippen LogP contribution in [0.3, 0.4) is 0 Å². The van der Waals surface area contributed by atoms with E-state index in [1.54, 1.807) is 8.61 Å². The van der Waals surface area contributed by atoms with E-state index in [4.69, 9.17) is 0 Å². The number of hydrogen-bond acceptors (Lipinski definition) is 2. The van der Waals surface area contributed by atoms with Crippen LogP contribution >= 0.6 is 0 Å². The molecule has 0 saturated carbocycles. The molecule has 3 rings (SSSR count). The Kier molecular flexibility index (Phi) is 5.63. The third-order valence-electron chi connectivity index (χ3n) is 5.43. The fraction of sp³-hybridized carbons (Fsp3) is 0.684. The number of nitrogens with zero attached hydrogens (tertiary/aromatic N) is 2. The van der Waals surface area contributed by atoms with E-state index in [0.717, 1.165) is 25.7 Å². The van der Waals surface area contributed by atoms with Gasteiger partial charge in [-0.05, 0) is 49.0 Å². The summed E-state index contributed by atoms with van der Waals surface area (Å²) < 4.78 is 29.3. The van der Waals surface area contributed by atoms with Crippen LogP contribution in [0.1, 0.15) is 38.7 Å². The Morgan fingerprint density at radius 1 is 0.958 bits per heavy atom. The number of hydrogen-bond donors (Lipinski definition) is 0. The summed E-state index contributed by atoms with van der Waals surface area (Å²) in [6.45, 7) is 7.00. The second kappa shape index (κ2) is 7.54. The maximum atomic E-state index is 12.9. The molecule has 0 bridgehead atoms. The molecule has 2 saturated heterocycles. The molecule has 2 unspecified atom stereocenters. The lowest BCUT2D eigenvalue weighted by Crippen LogP contribution is -2.51. The number of rotatable bonds is 4. The Hall–Kier alpha value is -0.910. The van der Waals surface area contributed by atoms with Crippen molar-refractivity contribution in [1.29, 1.82) is 0 Å². The fourth-order valence-electron chi connectivity index (χ4n) is 4.25. The summed E-state index contributed by atoms with van der Waals surface area (Å²) in [5.74, 6) is 1.51. The molecular weight excluding hydrogens is 320 g/mol. The summed E-state index contributed by atoms with van der Waals surface area (Å²) in [6.07, 6.45) is 4.12. The molecule has 2 atom stereocenters. The van der Waals surface area contributed by atoms with Crippen molar-refractivity contribution in [2.24, 2.45) is 17.8 Å². The minimum absolute atomic E-state index is 0.458. The molecule has 24 heavy (non-hydrogen) atoms. The van der Waals surface area contributed by atoms with Crippen molar-refractivity contribution in [2.75, 3.05) is 26.2 Å². The largest absolute Gasteiger partial charge is 0.281 e. The zero-order valence-electron chi connectivity index (χ0n) is 14.9. The van der Waals surface area contributed by atoms with Gasteiger partial charge in [-0.25, -0.2) is 0 Å². The van der Waals surface area contributed by atoms with E-state index >= 15 is 0 Å². The van der Waals surface area contributed by atoms with Gasteiger partial charge in [-0.1, -0.05) is 44.2 Å². The van der Waals surface area contributed by atoms with Gasteiger partial charge >= 0.3 is 0 Å². The van der Waals surface area contributed by atoms with E-state index in [0.29, 0.717) is 43.9 Å². The smallest absolute Gasteiger partial charge is 0.195 e. The molecule has 0 radical (unpaired) electrons. The van der Waals surface area contributed by atoms with Gasteiger partial charge in [0.25, 0.3) is 10.2 Å². The maximum absolute atomic E-state index is 12.9. The topological polar surface area (TPSA) is 40.6 Å². The van der Waals surface area contributed by atoms with Gasteiger partial charge in [-0.15, -0.1) is 0 Å². The van der Waals surface area contributed by atoms with Crippen LogP contribution < -0.4 is 0 Å². The molecule has 5 heteroatoms. The Labute approximate surface area is 147 Å². The normalized spacial score (nSPS) is 28.1. The van der Waals surface area contributed by atoms with Crippen molar-refractivity contribution >= 4 is 10.2 Å². The van der Waals surface area contributed by atoms with Crippen molar-refractivity contribution in [3.63, 3.8) is 0 Å². The van der Waals surface area contributed by atoms with Gasteiger partial charge in [0, 0.05) is 26.2 Å². The first-order valence-corrected chi connectivity index (χ1v) is 10.6. The highest BCUT2D eigenvalue weighted by Crippen LogP contribution is 2.28. The van der Waals surface area contributed by atoms with Gasteiger partial charge in [0.2, 0.25) is 0 Å². The van der Waals surface area contributed by atoms with Crippen LogP contribution in [-0.2, 0) is 16.6 Å². The first-order chi connectivity index (χ1) is 11.4. The minimum Gasteiger partial charge on any atom is -0.195 e. The van der Waals surface area contributed by atoms with Crippen LogP contribution in [0.25, 0.3) is 0 Å². The molecule has 0 amide bonds. The summed E-state index contributed by atoms with van der Waals surface area (Å²) >= 11 is 0. The van der Waals surface area contributed by atoms with Crippen LogP contribution in [-0.4, -0.2) is 43.2 Å². The first kappa shape index (κ1) is 17.9. The highest BCUT2D eigenvalue weighted by atomic mass is 32.2. The van der Waals surface area contributed by atoms with Gasteiger partial charge in [0.05, 0.1) is 0 Å². The number of benzene rings is 1. The molecule has 2 heterocycles. The highest BCUT2D eigenvalue weighted by Gasteiger charge is 2.36. The summed E-state index contributed by atoms with van der Waals surface area (Å²) in [6, 6.07) is 10.5. The lowest BCUT2D eigenvalue weighted by molar-refractivity contribution is 0.196. The van der Waals surface area contributed by atoms with Crippen LogP contribution in [0.5, 0.6) is 0 Å². The molecule has 2 aliphatic rings. The summed E-state index contributed by atoms with van der Waals surface area (Å²) in [7, 11) is -3.28. The van der Waals surface area contributed by atoms with Crippen molar-refractivity contribution in [3.05, 3.63) is 35.9 Å². The van der Waals surface area contributed by atoms with E-state index in [2.05, 4.69) is 38.1 Å². The Morgan fingerprint density at radius 3 is 2.12 bits per heavy atom. The Bertz CT molecular complexity index is 614. The predicted octanol–water partition coefficient (Wildman–Crippen LogP) is 3.16. The van der Waals surface area contributed by atoms with Crippen LogP contribution in [0, 0.1) is 17.8 Å². The summed E-state index contributed by atoms with van der Waals surface area (Å²) in [4.78, 5) is 0. The maximum Gasteiger partial charge on any atom is 0.281 e. The third-order valence-corrected chi connectivity index (χ3v) is 7.40. The molecule has 0 N–H and O–H groups in total. The zero-order valence-corrected chi connectivity index (χ0v) is 15.7. The standard InChI is InChI=1S/C19H30N2O2S/c1-16-12-17(2)15-21(14-16)24(22,23)20-10-8-19(9-11-20)13-18-6-4-3-5-7-18/h3-7,16-17,19H,8-15H2,1-2H3. The average molecular weight is 351 g/mol. The summed E-state index contributed by atoms with van der Waals surface area (Å²) in [5.41, 5.74) is 1.36. The quantitative estimate of drug-likeness (QED) is 0.837. The van der Waals surface area contributed by atoms with E-state index in [1.165, 1.54) is 5.56 Å². The fourth-order valence-corrected chi connectivity index (χ4v) is 6.13. The highest BCUT2D eigenvalue weighted by molar-refractivity contribution is 7.86. The molecule has 0 aromatic heterocycles. The molecule has 134 valence electrons. The predicted molar refractivity (Wildman–Crippen MR) is 97.9 cm³/mol. The molecule has 2 aliphatic heterocycles. The van der Waals surface area contributed by atoms with E-state index in [1.807, 2.05) is 6.07 Å². The van der Waals surface area contributed by atoms with Gasteiger partial charge < -0.3 is 0 Å². The van der Waals surface area contributed by atoms with Crippen molar-refractivity contribution < 1.29 is 8.42 Å². The van der Waals surface area contributed by atoms with Gasteiger partial charge in [0.15, 0.2) is 0 Å². The number of piperidine rings is 2. The van der Waals surface area contributed by atoms with Crippen molar-refractivity contribution in [1.82, 2.24) is 8.61 Å². The van der Waals surface area contributed by atoms with Crippen molar-refractivity contribution in [2.45, 2.75) is 39.5 Å². The lowest BCUT2D eigenvalue weighted by atomic mass is 9.91. The van der Waals surface area contributed by atoms with Crippen LogP contribution in [0.15, 0.2) is 30.3 Å². The average Bonchev–Trinajstić information content (AvgIpc) is 2.55.